The van der Waals surface area contributed by atoms with Crippen molar-refractivity contribution in [3.63, 3.8) is 0 Å². The zero-order valence-electron chi connectivity index (χ0n) is 19.7. The lowest BCUT2D eigenvalue weighted by molar-refractivity contribution is 0.0526. The highest BCUT2D eigenvalue weighted by Crippen LogP contribution is 2.14. The van der Waals surface area contributed by atoms with Gasteiger partial charge in [0.05, 0.1) is 17.9 Å². The Hall–Kier alpha value is -4.01. The fraction of sp³-hybridized carbons (Fsp3) is 0.280. The van der Waals surface area contributed by atoms with E-state index in [1.165, 1.54) is 18.2 Å². The molecule has 9 heteroatoms. The van der Waals surface area contributed by atoms with Crippen LogP contribution in [0.2, 0.25) is 0 Å². The molecule has 1 aromatic heterocycles. The Kier molecular flexibility index (Phi) is 8.13. The minimum atomic E-state index is -0.504. The summed E-state index contributed by atoms with van der Waals surface area (Å²) in [6, 6.07) is 12.0. The van der Waals surface area contributed by atoms with Crippen LogP contribution in [0, 0.1) is 19.7 Å². The van der Waals surface area contributed by atoms with Gasteiger partial charge in [0.2, 0.25) is 5.96 Å². The van der Waals surface area contributed by atoms with Gasteiger partial charge in [-0.2, -0.15) is 5.10 Å². The van der Waals surface area contributed by atoms with E-state index < -0.39 is 17.7 Å². The van der Waals surface area contributed by atoms with Crippen LogP contribution in [0.3, 0.4) is 0 Å². The molecule has 2 N–H and O–H groups in total. The topological polar surface area (TPSA) is 97.6 Å². The second-order valence-corrected chi connectivity index (χ2v) is 7.64. The van der Waals surface area contributed by atoms with Gasteiger partial charge in [0, 0.05) is 30.5 Å². The van der Waals surface area contributed by atoms with Gasteiger partial charge in [-0.1, -0.05) is 6.07 Å². The van der Waals surface area contributed by atoms with Crippen LogP contribution in [0.25, 0.3) is 0 Å². The van der Waals surface area contributed by atoms with E-state index in [9.17, 15) is 14.0 Å². The molecule has 0 unspecified atom stereocenters. The van der Waals surface area contributed by atoms with Gasteiger partial charge < -0.3 is 10.1 Å². The molecule has 2 aromatic carbocycles. The molecule has 34 heavy (non-hydrogen) atoms. The lowest BCUT2D eigenvalue weighted by Crippen LogP contribution is -2.36. The van der Waals surface area contributed by atoms with E-state index in [0.717, 1.165) is 23.0 Å². The fourth-order valence-corrected chi connectivity index (χ4v) is 3.42. The summed E-state index contributed by atoms with van der Waals surface area (Å²) >= 11 is 0. The molecule has 0 aliphatic rings. The number of hydrogen-bond acceptors (Lipinski definition) is 5. The number of nitrogens with one attached hydrogen (secondary N) is 2. The first-order valence-corrected chi connectivity index (χ1v) is 10.9. The number of halogens is 1. The van der Waals surface area contributed by atoms with Gasteiger partial charge >= 0.3 is 5.97 Å². The standard InChI is InChI=1S/C25H28FN5O3/c1-5-34-24(33)18-9-11-21(12-10-18)28-25(29-23(32)19-7-6-8-20(26)15-19)27-14-13-22-16(2)30-31(4)17(22)3/h6-12,15H,5,13-14H2,1-4H3,(H2,27,28,29,32). The van der Waals surface area contributed by atoms with E-state index >= 15 is 0 Å². The van der Waals surface area contributed by atoms with Crippen LogP contribution in [-0.4, -0.2) is 40.8 Å². The third kappa shape index (κ3) is 6.28. The smallest absolute Gasteiger partial charge is 0.338 e. The molecule has 0 aliphatic heterocycles. The molecule has 1 amide bonds. The summed E-state index contributed by atoms with van der Waals surface area (Å²) in [5, 5.41) is 10.2. The Labute approximate surface area is 197 Å². The first kappa shape index (κ1) is 24.6. The second-order valence-electron chi connectivity index (χ2n) is 7.64. The molecule has 0 radical (unpaired) electrons. The predicted octanol–water partition coefficient (Wildman–Crippen LogP) is 3.79. The molecule has 0 bridgehead atoms. The van der Waals surface area contributed by atoms with E-state index in [4.69, 9.17) is 4.74 Å². The normalized spacial score (nSPS) is 11.3. The van der Waals surface area contributed by atoms with Crippen molar-refractivity contribution in [3.8, 4) is 0 Å². The van der Waals surface area contributed by atoms with E-state index in [1.807, 2.05) is 25.6 Å². The average Bonchev–Trinajstić information content (AvgIpc) is 3.05. The molecule has 3 aromatic rings. The molecule has 0 atom stereocenters. The Morgan fingerprint density at radius 2 is 1.85 bits per heavy atom. The molecule has 178 valence electrons. The number of esters is 1. The number of aromatic nitrogens is 2. The van der Waals surface area contributed by atoms with Crippen LogP contribution in [0.15, 0.2) is 53.5 Å². The van der Waals surface area contributed by atoms with Crippen LogP contribution in [0.5, 0.6) is 0 Å². The van der Waals surface area contributed by atoms with Crippen LogP contribution in [0.4, 0.5) is 10.1 Å². The van der Waals surface area contributed by atoms with Crippen molar-refractivity contribution in [1.29, 1.82) is 0 Å². The van der Waals surface area contributed by atoms with Crippen LogP contribution < -0.4 is 10.6 Å². The molecular weight excluding hydrogens is 437 g/mol. The number of benzene rings is 2. The van der Waals surface area contributed by atoms with Gasteiger partial charge in [-0.3, -0.25) is 19.8 Å². The fourth-order valence-electron chi connectivity index (χ4n) is 3.42. The summed E-state index contributed by atoms with van der Waals surface area (Å²) in [5.74, 6) is -1.21. The number of carbonyl (C=O) groups excluding carboxylic acids is 2. The molecule has 0 saturated heterocycles. The summed E-state index contributed by atoms with van der Waals surface area (Å²) in [5.41, 5.74) is 4.29. The largest absolute Gasteiger partial charge is 0.462 e. The number of amides is 1. The molecule has 8 nitrogen and oxygen atoms in total. The quantitative estimate of drug-likeness (QED) is 0.314. The predicted molar refractivity (Wildman–Crippen MR) is 129 cm³/mol. The number of anilines is 1. The SMILES string of the molecule is CCOC(=O)c1ccc(NC(=NCCc2c(C)nn(C)c2C)NC(=O)c2cccc(F)c2)cc1. The first-order valence-electron chi connectivity index (χ1n) is 10.9. The number of hydrogen-bond donors (Lipinski definition) is 2. The molecule has 1 heterocycles. The van der Waals surface area contributed by atoms with Crippen molar-refractivity contribution in [2.75, 3.05) is 18.5 Å². The number of carbonyl (C=O) groups is 2. The highest BCUT2D eigenvalue weighted by molar-refractivity contribution is 6.10. The molecular formula is C25H28FN5O3. The molecule has 3 rings (SSSR count). The summed E-state index contributed by atoms with van der Waals surface area (Å²) in [4.78, 5) is 29.1. The third-order valence-electron chi connectivity index (χ3n) is 5.27. The maximum absolute atomic E-state index is 13.6. The van der Waals surface area contributed by atoms with Crippen molar-refractivity contribution in [2.24, 2.45) is 12.0 Å². The second kappa shape index (κ2) is 11.2. The number of guanidine groups is 1. The highest BCUT2D eigenvalue weighted by Gasteiger charge is 2.13. The monoisotopic (exact) mass is 465 g/mol. The van der Waals surface area contributed by atoms with E-state index in [1.54, 1.807) is 31.2 Å². The van der Waals surface area contributed by atoms with Crippen molar-refractivity contribution in [3.05, 3.63) is 82.4 Å². The summed E-state index contributed by atoms with van der Waals surface area (Å²) in [7, 11) is 1.89. The maximum atomic E-state index is 13.6. The average molecular weight is 466 g/mol. The molecule has 0 fully saturated rings. The lowest BCUT2D eigenvalue weighted by atomic mass is 10.1. The summed E-state index contributed by atoms with van der Waals surface area (Å²) in [6.07, 6.45) is 0.633. The molecule has 0 spiro atoms. The van der Waals surface area contributed by atoms with Crippen molar-refractivity contribution >= 4 is 23.5 Å². The van der Waals surface area contributed by atoms with Gasteiger partial charge in [0.1, 0.15) is 5.82 Å². The van der Waals surface area contributed by atoms with Crippen molar-refractivity contribution in [2.45, 2.75) is 27.2 Å². The number of rotatable bonds is 7. The zero-order valence-corrected chi connectivity index (χ0v) is 19.7. The number of aryl methyl sites for hydroxylation is 2. The summed E-state index contributed by atoms with van der Waals surface area (Å²) < 4.78 is 20.4. The Morgan fingerprint density at radius 1 is 1.12 bits per heavy atom. The number of aliphatic imine (C=N–C) groups is 1. The van der Waals surface area contributed by atoms with Crippen LogP contribution >= 0.6 is 0 Å². The van der Waals surface area contributed by atoms with Crippen LogP contribution in [-0.2, 0) is 18.2 Å². The summed E-state index contributed by atoms with van der Waals surface area (Å²) in [6.45, 7) is 6.36. The van der Waals surface area contributed by atoms with E-state index in [-0.39, 0.29) is 18.1 Å². The van der Waals surface area contributed by atoms with Crippen LogP contribution in [0.1, 0.15) is 44.6 Å². The van der Waals surface area contributed by atoms with Gasteiger partial charge in [-0.05, 0) is 75.2 Å². The van der Waals surface area contributed by atoms with E-state index in [2.05, 4.69) is 20.7 Å². The van der Waals surface area contributed by atoms with Crippen molar-refractivity contribution in [1.82, 2.24) is 15.1 Å². The number of nitrogens with zero attached hydrogens (tertiary/aromatic N) is 3. The van der Waals surface area contributed by atoms with Gasteiger partial charge in [-0.15, -0.1) is 0 Å². The molecule has 0 saturated carbocycles. The van der Waals surface area contributed by atoms with Gasteiger partial charge in [-0.25, -0.2) is 9.18 Å². The zero-order chi connectivity index (χ0) is 24.7. The first-order chi connectivity index (χ1) is 16.3. The lowest BCUT2D eigenvalue weighted by Gasteiger charge is -2.13. The number of ether oxygens (including phenoxy) is 1. The minimum absolute atomic E-state index is 0.172. The third-order valence-corrected chi connectivity index (χ3v) is 5.27. The van der Waals surface area contributed by atoms with Gasteiger partial charge in [0.25, 0.3) is 5.91 Å². The maximum Gasteiger partial charge on any atom is 0.338 e. The minimum Gasteiger partial charge on any atom is -0.462 e. The van der Waals surface area contributed by atoms with E-state index in [0.29, 0.717) is 24.2 Å². The molecule has 0 aliphatic carbocycles. The Balaban J connectivity index is 1.78. The Morgan fingerprint density at radius 3 is 2.47 bits per heavy atom. The van der Waals surface area contributed by atoms with Gasteiger partial charge in [0.15, 0.2) is 0 Å². The van der Waals surface area contributed by atoms with Crippen molar-refractivity contribution < 1.29 is 18.7 Å². The Bertz CT molecular complexity index is 1200. The highest BCUT2D eigenvalue weighted by atomic mass is 19.1.